The highest BCUT2D eigenvalue weighted by atomic mass is 14.9. The SMILES string of the molecule is C=CCc1ccc2c(c1)CCN2. The molecule has 62 valence electrons. The maximum Gasteiger partial charge on any atom is 0.0373 e. The van der Waals surface area contributed by atoms with Crippen LogP contribution in [0.4, 0.5) is 5.69 Å². The summed E-state index contributed by atoms with van der Waals surface area (Å²) in [6.45, 7) is 4.82. The van der Waals surface area contributed by atoms with Gasteiger partial charge in [-0.05, 0) is 30.0 Å². The molecule has 0 radical (unpaired) electrons. The zero-order valence-electron chi connectivity index (χ0n) is 7.14. The first kappa shape index (κ1) is 7.41. The molecule has 0 unspecified atom stereocenters. The van der Waals surface area contributed by atoms with Crippen LogP contribution in [-0.2, 0) is 12.8 Å². The molecular formula is C11H13N. The molecule has 1 aromatic rings. The van der Waals surface area contributed by atoms with Crippen molar-refractivity contribution in [2.75, 3.05) is 11.9 Å². The summed E-state index contributed by atoms with van der Waals surface area (Å²) in [6.07, 6.45) is 4.09. The number of anilines is 1. The van der Waals surface area contributed by atoms with Gasteiger partial charge >= 0.3 is 0 Å². The lowest BCUT2D eigenvalue weighted by Crippen LogP contribution is -1.90. The molecule has 1 aromatic carbocycles. The van der Waals surface area contributed by atoms with Crippen LogP contribution < -0.4 is 5.32 Å². The van der Waals surface area contributed by atoms with Gasteiger partial charge in [-0.1, -0.05) is 18.2 Å². The van der Waals surface area contributed by atoms with Gasteiger partial charge in [0.1, 0.15) is 0 Å². The van der Waals surface area contributed by atoms with Crippen LogP contribution in [0.3, 0.4) is 0 Å². The molecule has 1 aliphatic heterocycles. The molecule has 0 saturated heterocycles. The van der Waals surface area contributed by atoms with Crippen molar-refractivity contribution in [3.05, 3.63) is 42.0 Å². The Labute approximate surface area is 73.1 Å². The monoisotopic (exact) mass is 159 g/mol. The van der Waals surface area contributed by atoms with Crippen LogP contribution in [0.15, 0.2) is 30.9 Å². The van der Waals surface area contributed by atoms with E-state index in [-0.39, 0.29) is 0 Å². The van der Waals surface area contributed by atoms with Crippen LogP contribution in [-0.4, -0.2) is 6.54 Å². The van der Waals surface area contributed by atoms with E-state index in [1.807, 2.05) is 6.08 Å². The van der Waals surface area contributed by atoms with Gasteiger partial charge in [0.2, 0.25) is 0 Å². The van der Waals surface area contributed by atoms with E-state index >= 15 is 0 Å². The molecule has 1 aliphatic rings. The minimum absolute atomic E-state index is 0.979. The van der Waals surface area contributed by atoms with Gasteiger partial charge in [0.05, 0.1) is 0 Å². The summed E-state index contributed by atoms with van der Waals surface area (Å²) in [5, 5.41) is 3.34. The molecule has 0 atom stereocenters. The summed E-state index contributed by atoms with van der Waals surface area (Å²) in [4.78, 5) is 0. The highest BCUT2D eigenvalue weighted by molar-refractivity contribution is 5.56. The summed E-state index contributed by atoms with van der Waals surface area (Å²) in [6, 6.07) is 6.61. The van der Waals surface area contributed by atoms with E-state index in [9.17, 15) is 0 Å². The van der Waals surface area contributed by atoms with E-state index in [2.05, 4.69) is 30.1 Å². The molecule has 0 saturated carbocycles. The van der Waals surface area contributed by atoms with Crippen molar-refractivity contribution in [1.29, 1.82) is 0 Å². The summed E-state index contributed by atoms with van der Waals surface area (Å²) in [5.41, 5.74) is 4.13. The van der Waals surface area contributed by atoms with Gasteiger partial charge in [0.25, 0.3) is 0 Å². The smallest absolute Gasteiger partial charge is 0.0373 e. The molecule has 1 N–H and O–H groups in total. The van der Waals surface area contributed by atoms with E-state index in [4.69, 9.17) is 0 Å². The van der Waals surface area contributed by atoms with Gasteiger partial charge < -0.3 is 5.32 Å². The summed E-state index contributed by atoms with van der Waals surface area (Å²) >= 11 is 0. The second kappa shape index (κ2) is 3.02. The zero-order chi connectivity index (χ0) is 8.39. The Morgan fingerprint density at radius 2 is 2.42 bits per heavy atom. The third kappa shape index (κ3) is 1.22. The first-order valence-corrected chi connectivity index (χ1v) is 4.37. The molecule has 0 bridgehead atoms. The maximum absolute atomic E-state index is 3.73. The Morgan fingerprint density at radius 3 is 3.25 bits per heavy atom. The normalized spacial score (nSPS) is 13.7. The molecule has 1 heterocycles. The minimum Gasteiger partial charge on any atom is -0.384 e. The van der Waals surface area contributed by atoms with E-state index < -0.39 is 0 Å². The lowest BCUT2D eigenvalue weighted by atomic mass is 10.1. The Bertz CT molecular complexity index is 302. The van der Waals surface area contributed by atoms with Gasteiger partial charge in [0, 0.05) is 12.2 Å². The van der Waals surface area contributed by atoms with Gasteiger partial charge in [-0.15, -0.1) is 6.58 Å². The number of fused-ring (bicyclic) bond motifs is 1. The third-order valence-corrected chi connectivity index (χ3v) is 2.26. The van der Waals surface area contributed by atoms with Crippen molar-refractivity contribution in [3.63, 3.8) is 0 Å². The Hall–Kier alpha value is -1.24. The molecule has 0 aliphatic carbocycles. The molecule has 12 heavy (non-hydrogen) atoms. The van der Waals surface area contributed by atoms with Crippen LogP contribution in [0.1, 0.15) is 11.1 Å². The molecule has 0 spiro atoms. The number of hydrogen-bond donors (Lipinski definition) is 1. The Balaban J connectivity index is 2.32. The van der Waals surface area contributed by atoms with Gasteiger partial charge in [0.15, 0.2) is 0 Å². The maximum atomic E-state index is 3.73. The molecule has 0 fully saturated rings. The predicted molar refractivity (Wildman–Crippen MR) is 52.5 cm³/mol. The van der Waals surface area contributed by atoms with Crippen LogP contribution in [0.2, 0.25) is 0 Å². The van der Waals surface area contributed by atoms with Crippen molar-refractivity contribution in [2.45, 2.75) is 12.8 Å². The van der Waals surface area contributed by atoms with Gasteiger partial charge in [-0.25, -0.2) is 0 Å². The fourth-order valence-electron chi connectivity index (χ4n) is 1.65. The topological polar surface area (TPSA) is 12.0 Å². The van der Waals surface area contributed by atoms with Crippen molar-refractivity contribution < 1.29 is 0 Å². The van der Waals surface area contributed by atoms with Gasteiger partial charge in [-0.3, -0.25) is 0 Å². The van der Waals surface area contributed by atoms with Gasteiger partial charge in [-0.2, -0.15) is 0 Å². The second-order valence-electron chi connectivity index (χ2n) is 3.16. The fraction of sp³-hybridized carbons (Fsp3) is 0.273. The second-order valence-corrected chi connectivity index (χ2v) is 3.16. The minimum atomic E-state index is 0.979. The van der Waals surface area contributed by atoms with Crippen molar-refractivity contribution >= 4 is 5.69 Å². The van der Waals surface area contributed by atoms with E-state index in [1.165, 1.54) is 23.2 Å². The summed E-state index contributed by atoms with van der Waals surface area (Å²) in [5.74, 6) is 0. The first-order valence-electron chi connectivity index (χ1n) is 4.37. The third-order valence-electron chi connectivity index (χ3n) is 2.26. The molecule has 2 rings (SSSR count). The summed E-state index contributed by atoms with van der Waals surface area (Å²) < 4.78 is 0. The van der Waals surface area contributed by atoms with Crippen molar-refractivity contribution in [2.24, 2.45) is 0 Å². The first-order chi connectivity index (χ1) is 5.90. The lowest BCUT2D eigenvalue weighted by Gasteiger charge is -2.01. The molecule has 0 aromatic heterocycles. The van der Waals surface area contributed by atoms with E-state index in [0.29, 0.717) is 0 Å². The number of nitrogens with one attached hydrogen (secondary N) is 1. The highest BCUT2D eigenvalue weighted by Crippen LogP contribution is 2.23. The largest absolute Gasteiger partial charge is 0.384 e. The van der Waals surface area contributed by atoms with E-state index in [1.54, 1.807) is 0 Å². The van der Waals surface area contributed by atoms with Crippen molar-refractivity contribution in [3.8, 4) is 0 Å². The molecule has 1 nitrogen and oxygen atoms in total. The van der Waals surface area contributed by atoms with Crippen LogP contribution in [0.25, 0.3) is 0 Å². The zero-order valence-corrected chi connectivity index (χ0v) is 7.14. The van der Waals surface area contributed by atoms with Crippen LogP contribution >= 0.6 is 0 Å². The van der Waals surface area contributed by atoms with E-state index in [0.717, 1.165) is 13.0 Å². The average molecular weight is 159 g/mol. The van der Waals surface area contributed by atoms with Crippen LogP contribution in [0.5, 0.6) is 0 Å². The predicted octanol–water partition coefficient (Wildman–Crippen LogP) is 2.38. The van der Waals surface area contributed by atoms with Crippen LogP contribution in [0, 0.1) is 0 Å². The summed E-state index contributed by atoms with van der Waals surface area (Å²) in [7, 11) is 0. The average Bonchev–Trinajstić information content (AvgIpc) is 2.51. The Morgan fingerprint density at radius 1 is 1.50 bits per heavy atom. The fourth-order valence-corrected chi connectivity index (χ4v) is 1.65. The quantitative estimate of drug-likeness (QED) is 0.653. The number of allylic oxidation sites excluding steroid dienone is 1. The van der Waals surface area contributed by atoms with Crippen molar-refractivity contribution in [1.82, 2.24) is 0 Å². The standard InChI is InChI=1S/C11H13N/c1-2-3-9-4-5-11-10(8-9)6-7-12-11/h2,4-5,8,12H,1,3,6-7H2. The number of rotatable bonds is 2. The molecule has 0 amide bonds. The number of benzene rings is 1. The molecule has 1 heteroatoms. The Kier molecular flexibility index (Phi) is 1.86. The lowest BCUT2D eigenvalue weighted by molar-refractivity contribution is 1.10. The molecular weight excluding hydrogens is 146 g/mol. The number of hydrogen-bond acceptors (Lipinski definition) is 1. The highest BCUT2D eigenvalue weighted by Gasteiger charge is 2.08.